The van der Waals surface area contributed by atoms with Crippen molar-refractivity contribution in [2.45, 2.75) is 25.9 Å². The molecule has 6 nitrogen and oxygen atoms in total. The maximum atomic E-state index is 4.47. The van der Waals surface area contributed by atoms with Gasteiger partial charge in [0.15, 0.2) is 5.96 Å². The summed E-state index contributed by atoms with van der Waals surface area (Å²) in [5.41, 5.74) is 1.42. The van der Waals surface area contributed by atoms with Crippen molar-refractivity contribution < 1.29 is 0 Å². The second-order valence-corrected chi connectivity index (χ2v) is 6.63. The molecule has 0 bridgehead atoms. The summed E-state index contributed by atoms with van der Waals surface area (Å²) < 4.78 is 2.07. The van der Waals surface area contributed by atoms with Crippen LogP contribution in [0, 0.1) is 0 Å². The number of benzene rings is 1. The zero-order valence-electron chi connectivity index (χ0n) is 16.3. The first kappa shape index (κ1) is 21.7. The van der Waals surface area contributed by atoms with E-state index >= 15 is 0 Å². The number of imidazole rings is 1. The van der Waals surface area contributed by atoms with Gasteiger partial charge < -0.3 is 14.8 Å². The van der Waals surface area contributed by atoms with Crippen molar-refractivity contribution in [3.05, 3.63) is 54.6 Å². The Kier molecular flexibility index (Phi) is 9.06. The average molecular weight is 482 g/mol. The van der Waals surface area contributed by atoms with Gasteiger partial charge in [0.25, 0.3) is 0 Å². The largest absolute Gasteiger partial charge is 0.354 e. The summed E-state index contributed by atoms with van der Waals surface area (Å²) in [7, 11) is 1.87. The molecule has 1 saturated heterocycles. The lowest BCUT2D eigenvalue weighted by Crippen LogP contribution is -2.53. The summed E-state index contributed by atoms with van der Waals surface area (Å²) in [4.78, 5) is 13.5. The molecule has 148 valence electrons. The van der Waals surface area contributed by atoms with Crippen molar-refractivity contribution in [1.82, 2.24) is 24.7 Å². The Morgan fingerprint density at radius 1 is 1.19 bits per heavy atom. The van der Waals surface area contributed by atoms with E-state index in [0.717, 1.165) is 51.6 Å². The van der Waals surface area contributed by atoms with Crippen molar-refractivity contribution in [2.24, 2.45) is 4.99 Å². The lowest BCUT2D eigenvalue weighted by molar-refractivity contribution is 0.127. The standard InChI is InChI=1S/C20H30N6.HI/c1-3-19(18-7-5-4-6-8-18)25-13-15-26(16-14-25)20(21-2)23-10-12-24-11-9-22-17-24;/h4-9,11,17,19H,3,10,12-16H2,1-2H3,(H,21,23);1H. The number of aliphatic imine (C=N–C) groups is 1. The number of aromatic nitrogens is 2. The fourth-order valence-corrected chi connectivity index (χ4v) is 3.67. The summed E-state index contributed by atoms with van der Waals surface area (Å²) in [6.45, 7) is 8.17. The van der Waals surface area contributed by atoms with E-state index in [1.165, 1.54) is 5.56 Å². The summed E-state index contributed by atoms with van der Waals surface area (Å²) in [6, 6.07) is 11.4. The van der Waals surface area contributed by atoms with E-state index in [-0.39, 0.29) is 24.0 Å². The van der Waals surface area contributed by atoms with Gasteiger partial charge in [0.1, 0.15) is 0 Å². The van der Waals surface area contributed by atoms with Crippen LogP contribution < -0.4 is 5.32 Å². The molecule has 1 unspecified atom stereocenters. The Morgan fingerprint density at radius 2 is 1.93 bits per heavy atom. The first-order valence-corrected chi connectivity index (χ1v) is 9.52. The van der Waals surface area contributed by atoms with Gasteiger partial charge >= 0.3 is 0 Å². The number of guanidine groups is 1. The predicted molar refractivity (Wildman–Crippen MR) is 122 cm³/mol. The molecule has 0 radical (unpaired) electrons. The van der Waals surface area contributed by atoms with Crippen LogP contribution in [-0.2, 0) is 6.54 Å². The Hall–Kier alpha value is -1.61. The molecule has 1 aliphatic heterocycles. The predicted octanol–water partition coefficient (Wildman–Crippen LogP) is 2.85. The molecule has 2 heterocycles. The summed E-state index contributed by atoms with van der Waals surface area (Å²) in [6.07, 6.45) is 6.78. The molecule has 0 saturated carbocycles. The summed E-state index contributed by atoms with van der Waals surface area (Å²) in [5.74, 6) is 0.998. The summed E-state index contributed by atoms with van der Waals surface area (Å²) >= 11 is 0. The van der Waals surface area contributed by atoms with Crippen LogP contribution >= 0.6 is 24.0 Å². The topological polar surface area (TPSA) is 48.7 Å². The highest BCUT2D eigenvalue weighted by Gasteiger charge is 2.25. The van der Waals surface area contributed by atoms with Crippen molar-refractivity contribution in [3.8, 4) is 0 Å². The minimum absolute atomic E-state index is 0. The molecule has 1 aromatic carbocycles. The number of hydrogen-bond donors (Lipinski definition) is 1. The molecule has 1 N–H and O–H groups in total. The van der Waals surface area contributed by atoms with Gasteiger partial charge in [-0.15, -0.1) is 24.0 Å². The van der Waals surface area contributed by atoms with Crippen LogP contribution in [0.3, 0.4) is 0 Å². The highest BCUT2D eigenvalue weighted by molar-refractivity contribution is 14.0. The van der Waals surface area contributed by atoms with E-state index in [4.69, 9.17) is 0 Å². The van der Waals surface area contributed by atoms with Crippen molar-refractivity contribution in [1.29, 1.82) is 0 Å². The SMILES string of the molecule is CCC(c1ccccc1)N1CCN(C(=NC)NCCn2ccnc2)CC1.I. The van der Waals surface area contributed by atoms with Crippen molar-refractivity contribution in [3.63, 3.8) is 0 Å². The van der Waals surface area contributed by atoms with Gasteiger partial charge in [0.2, 0.25) is 0 Å². The minimum Gasteiger partial charge on any atom is -0.354 e. The van der Waals surface area contributed by atoms with Gasteiger partial charge in [-0.25, -0.2) is 4.98 Å². The first-order chi connectivity index (χ1) is 12.8. The minimum atomic E-state index is 0. The maximum absolute atomic E-state index is 4.47. The zero-order valence-corrected chi connectivity index (χ0v) is 18.6. The van der Waals surface area contributed by atoms with E-state index < -0.39 is 0 Å². The Labute approximate surface area is 179 Å². The lowest BCUT2D eigenvalue weighted by atomic mass is 10.0. The second-order valence-electron chi connectivity index (χ2n) is 6.63. The fraction of sp³-hybridized carbons (Fsp3) is 0.500. The average Bonchev–Trinajstić information content (AvgIpc) is 3.21. The van der Waals surface area contributed by atoms with Crippen LogP contribution in [0.15, 0.2) is 54.0 Å². The number of nitrogens with zero attached hydrogens (tertiary/aromatic N) is 5. The molecule has 0 amide bonds. The van der Waals surface area contributed by atoms with Crippen LogP contribution in [0.4, 0.5) is 0 Å². The van der Waals surface area contributed by atoms with Crippen LogP contribution in [0.25, 0.3) is 0 Å². The third-order valence-corrected chi connectivity index (χ3v) is 5.05. The molecular weight excluding hydrogens is 451 g/mol. The number of piperazine rings is 1. The smallest absolute Gasteiger partial charge is 0.193 e. The molecule has 1 atom stereocenters. The molecule has 2 aromatic rings. The van der Waals surface area contributed by atoms with Gasteiger partial charge in [-0.1, -0.05) is 37.3 Å². The molecule has 27 heavy (non-hydrogen) atoms. The monoisotopic (exact) mass is 482 g/mol. The summed E-state index contributed by atoms with van der Waals surface area (Å²) in [5, 5.41) is 3.48. The first-order valence-electron chi connectivity index (χ1n) is 9.52. The Morgan fingerprint density at radius 3 is 2.52 bits per heavy atom. The number of halogens is 1. The van der Waals surface area contributed by atoms with Crippen LogP contribution in [0.1, 0.15) is 24.9 Å². The Bertz CT molecular complexity index is 665. The van der Waals surface area contributed by atoms with Gasteiger partial charge in [0, 0.05) is 64.8 Å². The normalized spacial score (nSPS) is 16.7. The molecular formula is C20H31IN6. The highest BCUT2D eigenvalue weighted by Crippen LogP contribution is 2.25. The van der Waals surface area contributed by atoms with Crippen LogP contribution in [0.5, 0.6) is 0 Å². The number of rotatable bonds is 6. The van der Waals surface area contributed by atoms with E-state index in [9.17, 15) is 0 Å². The van der Waals surface area contributed by atoms with Gasteiger partial charge in [-0.2, -0.15) is 0 Å². The van der Waals surface area contributed by atoms with E-state index in [1.807, 2.05) is 25.8 Å². The second kappa shape index (κ2) is 11.3. The third-order valence-electron chi connectivity index (χ3n) is 5.05. The molecule has 1 aromatic heterocycles. The van der Waals surface area contributed by atoms with E-state index in [0.29, 0.717) is 6.04 Å². The van der Waals surface area contributed by atoms with Crippen LogP contribution in [0.2, 0.25) is 0 Å². The van der Waals surface area contributed by atoms with Gasteiger partial charge in [-0.3, -0.25) is 9.89 Å². The molecule has 1 fully saturated rings. The van der Waals surface area contributed by atoms with Crippen molar-refractivity contribution in [2.75, 3.05) is 39.8 Å². The Balaban J connectivity index is 0.00000261. The quantitative estimate of drug-likeness (QED) is 0.391. The lowest BCUT2D eigenvalue weighted by Gasteiger charge is -2.40. The van der Waals surface area contributed by atoms with Crippen LogP contribution in [-0.4, -0.2) is 65.1 Å². The molecule has 7 heteroatoms. The zero-order chi connectivity index (χ0) is 18.2. The third kappa shape index (κ3) is 5.93. The van der Waals surface area contributed by atoms with Gasteiger partial charge in [0.05, 0.1) is 6.33 Å². The maximum Gasteiger partial charge on any atom is 0.193 e. The number of hydrogen-bond acceptors (Lipinski definition) is 3. The van der Waals surface area contributed by atoms with Crippen molar-refractivity contribution >= 4 is 29.9 Å². The molecule has 1 aliphatic rings. The van der Waals surface area contributed by atoms with Gasteiger partial charge in [-0.05, 0) is 12.0 Å². The molecule has 0 aliphatic carbocycles. The number of nitrogens with one attached hydrogen (secondary N) is 1. The van der Waals surface area contributed by atoms with E-state index in [1.54, 1.807) is 0 Å². The molecule has 0 spiro atoms. The molecule has 3 rings (SSSR count). The van der Waals surface area contributed by atoms with E-state index in [2.05, 4.69) is 66.9 Å². The highest BCUT2D eigenvalue weighted by atomic mass is 127. The fourth-order valence-electron chi connectivity index (χ4n) is 3.67.